The van der Waals surface area contributed by atoms with Crippen LogP contribution in [0.3, 0.4) is 0 Å². The summed E-state index contributed by atoms with van der Waals surface area (Å²) >= 11 is 0. The van der Waals surface area contributed by atoms with E-state index in [4.69, 9.17) is 0 Å². The summed E-state index contributed by atoms with van der Waals surface area (Å²) in [6.45, 7) is 4.77. The van der Waals surface area contributed by atoms with E-state index in [1.54, 1.807) is 4.68 Å². The van der Waals surface area contributed by atoms with Gasteiger partial charge in [-0.1, -0.05) is 18.2 Å². The second-order valence-corrected chi connectivity index (χ2v) is 5.48. The maximum Gasteiger partial charge on any atom is 0.156 e. The molecule has 0 bridgehead atoms. The number of rotatable bonds is 8. The van der Waals surface area contributed by atoms with E-state index >= 15 is 0 Å². The second-order valence-electron chi connectivity index (χ2n) is 5.48. The molecule has 3 rings (SSSR count). The van der Waals surface area contributed by atoms with Gasteiger partial charge in [0.15, 0.2) is 5.82 Å². The highest BCUT2D eigenvalue weighted by molar-refractivity contribution is 5.30. The smallest absolute Gasteiger partial charge is 0.156 e. The van der Waals surface area contributed by atoms with Crippen LogP contribution in [0.25, 0.3) is 5.69 Å². The highest BCUT2D eigenvalue weighted by Gasteiger charge is 2.07. The summed E-state index contributed by atoms with van der Waals surface area (Å²) in [6, 6.07) is 9.96. The van der Waals surface area contributed by atoms with Gasteiger partial charge in [0, 0.05) is 19.2 Å². The lowest BCUT2D eigenvalue weighted by Gasteiger charge is -2.06. The predicted octanol–water partition coefficient (Wildman–Crippen LogP) is 1.39. The fourth-order valence-corrected chi connectivity index (χ4v) is 2.41. The van der Waals surface area contributed by atoms with Gasteiger partial charge in [0.05, 0.1) is 18.4 Å². The fraction of sp³-hybridized carbons (Fsp3) is 0.375. The minimum absolute atomic E-state index is 0.843. The second kappa shape index (κ2) is 7.64. The van der Waals surface area contributed by atoms with Crippen LogP contribution in [0, 0.1) is 6.92 Å². The summed E-state index contributed by atoms with van der Waals surface area (Å²) in [5.74, 6) is 0.890. The van der Waals surface area contributed by atoms with Crippen LogP contribution in [-0.2, 0) is 13.0 Å². The molecular weight excluding hydrogens is 290 g/mol. The maximum absolute atomic E-state index is 4.27. The highest BCUT2D eigenvalue weighted by Crippen LogP contribution is 2.08. The normalized spacial score (nSPS) is 11.0. The number of hydrogen-bond donors (Lipinski definition) is 1. The average molecular weight is 311 g/mol. The third kappa shape index (κ3) is 4.23. The Kier molecular flexibility index (Phi) is 5.10. The van der Waals surface area contributed by atoms with E-state index in [1.165, 1.54) is 5.56 Å². The van der Waals surface area contributed by atoms with Crippen molar-refractivity contribution in [1.29, 1.82) is 0 Å². The molecule has 0 atom stereocenters. The predicted molar refractivity (Wildman–Crippen MR) is 87.3 cm³/mol. The summed E-state index contributed by atoms with van der Waals surface area (Å²) in [4.78, 5) is 0. The zero-order chi connectivity index (χ0) is 15.9. The molecule has 0 unspecified atom stereocenters. The Morgan fingerprint density at radius 1 is 1.13 bits per heavy atom. The van der Waals surface area contributed by atoms with Crippen molar-refractivity contribution in [1.82, 2.24) is 35.3 Å². The Morgan fingerprint density at radius 2 is 2.00 bits per heavy atom. The molecule has 0 aliphatic heterocycles. The molecule has 0 aliphatic carbocycles. The lowest BCUT2D eigenvalue weighted by molar-refractivity contribution is 0.544. The zero-order valence-corrected chi connectivity index (χ0v) is 13.3. The molecule has 0 fully saturated rings. The Morgan fingerprint density at radius 3 is 2.78 bits per heavy atom. The summed E-state index contributed by atoms with van der Waals surface area (Å²) < 4.78 is 3.75. The molecule has 2 heterocycles. The molecule has 1 N–H and O–H groups in total. The van der Waals surface area contributed by atoms with Crippen LogP contribution < -0.4 is 5.32 Å². The van der Waals surface area contributed by atoms with E-state index in [9.17, 15) is 0 Å². The Labute approximate surface area is 135 Å². The van der Waals surface area contributed by atoms with Crippen LogP contribution in [0.2, 0.25) is 0 Å². The van der Waals surface area contributed by atoms with Crippen LogP contribution in [-0.4, -0.2) is 43.1 Å². The number of benzene rings is 1. The van der Waals surface area contributed by atoms with E-state index < -0.39 is 0 Å². The molecule has 0 spiro atoms. The van der Waals surface area contributed by atoms with Gasteiger partial charge in [-0.3, -0.25) is 4.68 Å². The summed E-state index contributed by atoms with van der Waals surface area (Å²) in [6.07, 6.45) is 5.76. The molecule has 0 saturated carbocycles. The molecule has 1 aromatic carbocycles. The number of aryl methyl sites for hydroxylation is 2. The standard InChI is InChI=1S/C16H21N7/c1-14-12-18-22(13-14)11-10-17-9-5-8-16-19-20-21-23(16)15-6-3-2-4-7-15/h2-4,6-7,12-13,17H,5,8-11H2,1H3. The molecule has 2 aromatic heterocycles. The molecule has 7 nitrogen and oxygen atoms in total. The van der Waals surface area contributed by atoms with E-state index in [0.29, 0.717) is 0 Å². The third-order valence-corrected chi connectivity index (χ3v) is 3.57. The molecule has 23 heavy (non-hydrogen) atoms. The van der Waals surface area contributed by atoms with Crippen LogP contribution in [0.15, 0.2) is 42.7 Å². The van der Waals surface area contributed by atoms with Crippen molar-refractivity contribution in [3.05, 3.63) is 54.1 Å². The average Bonchev–Trinajstić information content (AvgIpc) is 3.20. The molecule has 0 aliphatic rings. The minimum atomic E-state index is 0.843. The Hall–Kier alpha value is -2.54. The highest BCUT2D eigenvalue weighted by atomic mass is 15.5. The van der Waals surface area contributed by atoms with Crippen molar-refractivity contribution >= 4 is 0 Å². The van der Waals surface area contributed by atoms with Crippen molar-refractivity contribution < 1.29 is 0 Å². The third-order valence-electron chi connectivity index (χ3n) is 3.57. The Balaban J connectivity index is 1.41. The van der Waals surface area contributed by atoms with Gasteiger partial charge in [-0.15, -0.1) is 5.10 Å². The number of hydrogen-bond acceptors (Lipinski definition) is 5. The van der Waals surface area contributed by atoms with E-state index in [2.05, 4.69) is 32.1 Å². The van der Waals surface area contributed by atoms with Crippen LogP contribution in [0.5, 0.6) is 0 Å². The van der Waals surface area contributed by atoms with Crippen LogP contribution in [0.1, 0.15) is 17.8 Å². The number of aromatic nitrogens is 6. The van der Waals surface area contributed by atoms with Gasteiger partial charge in [0.1, 0.15) is 0 Å². The van der Waals surface area contributed by atoms with Gasteiger partial charge in [0.2, 0.25) is 0 Å². The van der Waals surface area contributed by atoms with Gasteiger partial charge in [-0.05, 0) is 48.0 Å². The number of nitrogens with zero attached hydrogens (tertiary/aromatic N) is 6. The molecule has 0 saturated heterocycles. The molecular formula is C16H21N7. The van der Waals surface area contributed by atoms with Gasteiger partial charge in [0.25, 0.3) is 0 Å². The first-order chi connectivity index (χ1) is 11.3. The molecule has 0 amide bonds. The van der Waals surface area contributed by atoms with Gasteiger partial charge in [-0.2, -0.15) is 9.78 Å². The first-order valence-electron chi connectivity index (χ1n) is 7.85. The summed E-state index contributed by atoms with van der Waals surface area (Å²) in [7, 11) is 0. The monoisotopic (exact) mass is 311 g/mol. The number of para-hydroxylation sites is 1. The lowest BCUT2D eigenvalue weighted by Crippen LogP contribution is -2.22. The largest absolute Gasteiger partial charge is 0.315 e. The first kappa shape index (κ1) is 15.4. The fourth-order valence-electron chi connectivity index (χ4n) is 2.41. The lowest BCUT2D eigenvalue weighted by atomic mass is 10.2. The molecule has 3 aromatic rings. The minimum Gasteiger partial charge on any atom is -0.315 e. The number of tetrazole rings is 1. The van der Waals surface area contributed by atoms with Crippen molar-refractivity contribution in [2.24, 2.45) is 0 Å². The topological polar surface area (TPSA) is 73.5 Å². The van der Waals surface area contributed by atoms with E-state index in [0.717, 1.165) is 44.0 Å². The maximum atomic E-state index is 4.27. The van der Waals surface area contributed by atoms with E-state index in [1.807, 2.05) is 48.1 Å². The van der Waals surface area contributed by atoms with E-state index in [-0.39, 0.29) is 0 Å². The van der Waals surface area contributed by atoms with Crippen molar-refractivity contribution in [2.45, 2.75) is 26.3 Å². The number of nitrogens with one attached hydrogen (secondary N) is 1. The van der Waals surface area contributed by atoms with Crippen LogP contribution in [0.4, 0.5) is 0 Å². The van der Waals surface area contributed by atoms with Gasteiger partial charge >= 0.3 is 0 Å². The van der Waals surface area contributed by atoms with Crippen molar-refractivity contribution in [2.75, 3.05) is 13.1 Å². The SMILES string of the molecule is Cc1cnn(CCNCCCc2nnnn2-c2ccccc2)c1. The first-order valence-corrected chi connectivity index (χ1v) is 7.85. The Bertz CT molecular complexity index is 717. The summed E-state index contributed by atoms with van der Waals surface area (Å²) in [5, 5.41) is 19.7. The molecule has 7 heteroatoms. The van der Waals surface area contributed by atoms with Crippen molar-refractivity contribution in [3.63, 3.8) is 0 Å². The van der Waals surface area contributed by atoms with Crippen LogP contribution >= 0.6 is 0 Å². The molecule has 120 valence electrons. The molecule has 0 radical (unpaired) electrons. The van der Waals surface area contributed by atoms with Gasteiger partial charge in [-0.25, -0.2) is 0 Å². The summed E-state index contributed by atoms with van der Waals surface area (Å²) in [5.41, 5.74) is 2.19. The van der Waals surface area contributed by atoms with Gasteiger partial charge < -0.3 is 5.32 Å². The van der Waals surface area contributed by atoms with Crippen molar-refractivity contribution in [3.8, 4) is 5.69 Å². The quantitative estimate of drug-likeness (QED) is 0.636. The zero-order valence-electron chi connectivity index (χ0n) is 13.3.